The molecular formula is C28H24O3S. The summed E-state index contributed by atoms with van der Waals surface area (Å²) in [5, 5.41) is 10.9. The molecule has 4 heteroatoms. The van der Waals surface area contributed by atoms with Crippen LogP contribution in [0.4, 0.5) is 0 Å². The molecule has 0 aliphatic rings. The number of hydrogen-bond donors (Lipinski definition) is 1. The number of hydrogen-bond acceptors (Lipinski definition) is 4. The molecule has 0 fully saturated rings. The van der Waals surface area contributed by atoms with Gasteiger partial charge in [0.05, 0.1) is 4.88 Å². The molecule has 0 atom stereocenters. The molecule has 0 unspecified atom stereocenters. The molecule has 0 spiro atoms. The fraction of sp³-hybridized carbons (Fsp3) is 0.143. The predicted octanol–water partition coefficient (Wildman–Crippen LogP) is 7.03. The number of allylic oxidation sites excluding steroid dienone is 1. The Labute approximate surface area is 191 Å². The van der Waals surface area contributed by atoms with E-state index in [1.165, 1.54) is 24.3 Å². The Bertz CT molecular complexity index is 1370. The molecule has 0 radical (unpaired) electrons. The van der Waals surface area contributed by atoms with E-state index in [4.69, 9.17) is 0 Å². The zero-order valence-electron chi connectivity index (χ0n) is 18.5. The zero-order chi connectivity index (χ0) is 23.0. The number of aromatic hydroxyl groups is 1. The molecule has 0 saturated carbocycles. The number of benzene rings is 3. The van der Waals surface area contributed by atoms with Crippen LogP contribution in [0.5, 0.6) is 5.75 Å². The van der Waals surface area contributed by atoms with Gasteiger partial charge in [-0.05, 0) is 74.2 Å². The molecule has 4 rings (SSSR count). The van der Waals surface area contributed by atoms with E-state index >= 15 is 0 Å². The van der Waals surface area contributed by atoms with Crippen molar-refractivity contribution in [1.29, 1.82) is 0 Å². The van der Waals surface area contributed by atoms with Crippen LogP contribution in [0.1, 0.15) is 44.4 Å². The number of fused-ring (bicyclic) bond motifs is 1. The first-order chi connectivity index (χ1) is 15.2. The van der Waals surface area contributed by atoms with Gasteiger partial charge in [-0.25, -0.2) is 0 Å². The van der Waals surface area contributed by atoms with Gasteiger partial charge in [0.15, 0.2) is 5.78 Å². The van der Waals surface area contributed by atoms with Crippen LogP contribution in [-0.2, 0) is 4.79 Å². The Kier molecular flexibility index (Phi) is 5.81. The highest BCUT2D eigenvalue weighted by Gasteiger charge is 2.23. The largest absolute Gasteiger partial charge is 0.508 e. The number of rotatable bonds is 5. The van der Waals surface area contributed by atoms with Crippen LogP contribution in [0.25, 0.3) is 27.3 Å². The van der Waals surface area contributed by atoms with Gasteiger partial charge in [-0.1, -0.05) is 48.0 Å². The average Bonchev–Trinajstić information content (AvgIpc) is 3.10. The van der Waals surface area contributed by atoms with Crippen molar-refractivity contribution in [2.45, 2.75) is 27.7 Å². The van der Waals surface area contributed by atoms with Gasteiger partial charge in [0.1, 0.15) is 5.75 Å². The summed E-state index contributed by atoms with van der Waals surface area (Å²) < 4.78 is 0.867. The van der Waals surface area contributed by atoms with Crippen LogP contribution in [0.15, 0.2) is 60.7 Å². The molecule has 3 aromatic carbocycles. The maximum Gasteiger partial charge on any atom is 0.204 e. The molecule has 1 heterocycles. The van der Waals surface area contributed by atoms with E-state index in [1.807, 2.05) is 63.2 Å². The monoisotopic (exact) mass is 440 g/mol. The zero-order valence-corrected chi connectivity index (χ0v) is 19.3. The second-order valence-corrected chi connectivity index (χ2v) is 9.21. The van der Waals surface area contributed by atoms with Crippen molar-refractivity contribution in [2.24, 2.45) is 0 Å². The normalized spacial score (nSPS) is 11.4. The Morgan fingerprint density at radius 2 is 1.56 bits per heavy atom. The molecule has 0 aliphatic carbocycles. The van der Waals surface area contributed by atoms with Gasteiger partial charge in [0.2, 0.25) is 5.78 Å². The van der Waals surface area contributed by atoms with Crippen LogP contribution < -0.4 is 0 Å². The lowest BCUT2D eigenvalue weighted by molar-refractivity contribution is -0.112. The first kappa shape index (κ1) is 21.7. The van der Waals surface area contributed by atoms with E-state index in [9.17, 15) is 14.7 Å². The molecule has 0 amide bonds. The summed E-state index contributed by atoms with van der Waals surface area (Å²) in [5.74, 6) is 0.169. The minimum atomic E-state index is -0.00515. The smallest absolute Gasteiger partial charge is 0.204 e. The number of carbonyl (C=O) groups excluding carboxylic acids is 2. The van der Waals surface area contributed by atoms with Crippen LogP contribution in [0.3, 0.4) is 0 Å². The van der Waals surface area contributed by atoms with E-state index in [0.717, 1.165) is 49.0 Å². The highest BCUT2D eigenvalue weighted by Crippen LogP contribution is 2.42. The molecule has 0 bridgehead atoms. The van der Waals surface area contributed by atoms with Crippen LogP contribution in [-0.4, -0.2) is 16.7 Å². The molecule has 160 valence electrons. The van der Waals surface area contributed by atoms with E-state index in [1.54, 1.807) is 18.2 Å². The molecule has 1 aromatic heterocycles. The summed E-state index contributed by atoms with van der Waals surface area (Å²) in [5.41, 5.74) is 6.50. The number of phenolic OH excluding ortho intramolecular Hbond substituents is 1. The van der Waals surface area contributed by atoms with Crippen molar-refractivity contribution >= 4 is 39.1 Å². The van der Waals surface area contributed by atoms with Gasteiger partial charge in [-0.2, -0.15) is 0 Å². The second kappa shape index (κ2) is 8.56. The Balaban J connectivity index is 1.90. The van der Waals surface area contributed by atoms with E-state index in [0.29, 0.717) is 4.88 Å². The third kappa shape index (κ3) is 4.14. The SMILES string of the molecule is CC(=O)/C=C/c1ccc(-c2c(C(=O)c3c(C)cc(C)cc3C)sc3cc(O)ccc23)cc1. The van der Waals surface area contributed by atoms with Gasteiger partial charge in [0.25, 0.3) is 0 Å². The fourth-order valence-corrected chi connectivity index (χ4v) is 5.36. The van der Waals surface area contributed by atoms with Crippen LogP contribution in [0.2, 0.25) is 0 Å². The standard InChI is InChI=1S/C28H24O3S/c1-16-13-17(2)25(18(3)14-16)27(31)28-26(23-12-11-22(30)15-24(23)32-28)21-9-7-20(8-10-21)6-5-19(4)29/h5-15,30H,1-4H3/b6-5+. The number of carbonyl (C=O) groups is 2. The van der Waals surface area contributed by atoms with Gasteiger partial charge in [-0.3, -0.25) is 9.59 Å². The predicted molar refractivity (Wildman–Crippen MR) is 133 cm³/mol. The lowest BCUT2D eigenvalue weighted by Gasteiger charge is -2.11. The van der Waals surface area contributed by atoms with Gasteiger partial charge in [-0.15, -0.1) is 11.3 Å². The van der Waals surface area contributed by atoms with Crippen molar-refractivity contribution in [3.05, 3.63) is 93.4 Å². The Morgan fingerprint density at radius 3 is 2.19 bits per heavy atom. The summed E-state index contributed by atoms with van der Waals surface area (Å²) in [6.07, 6.45) is 3.32. The van der Waals surface area contributed by atoms with Crippen LogP contribution in [0, 0.1) is 20.8 Å². The first-order valence-corrected chi connectivity index (χ1v) is 11.2. The Hall–Kier alpha value is -3.50. The maximum absolute atomic E-state index is 13.8. The van der Waals surface area contributed by atoms with E-state index in [2.05, 4.69) is 0 Å². The third-order valence-electron chi connectivity index (χ3n) is 5.49. The first-order valence-electron chi connectivity index (χ1n) is 10.4. The number of aryl methyl sites for hydroxylation is 3. The van der Waals surface area contributed by atoms with Crippen molar-refractivity contribution < 1.29 is 14.7 Å². The highest BCUT2D eigenvalue weighted by atomic mass is 32.1. The van der Waals surface area contributed by atoms with Gasteiger partial charge >= 0.3 is 0 Å². The molecule has 1 N–H and O–H groups in total. The third-order valence-corrected chi connectivity index (χ3v) is 6.65. The Morgan fingerprint density at radius 1 is 0.906 bits per heavy atom. The van der Waals surface area contributed by atoms with Crippen molar-refractivity contribution in [1.82, 2.24) is 0 Å². The topological polar surface area (TPSA) is 54.4 Å². The molecular weight excluding hydrogens is 416 g/mol. The van der Waals surface area contributed by atoms with Gasteiger partial charge in [0, 0.05) is 21.2 Å². The summed E-state index contributed by atoms with van der Waals surface area (Å²) >= 11 is 1.41. The molecule has 0 aliphatic heterocycles. The fourth-order valence-electron chi connectivity index (χ4n) is 4.16. The second-order valence-electron chi connectivity index (χ2n) is 8.16. The molecule has 3 nitrogen and oxygen atoms in total. The summed E-state index contributed by atoms with van der Waals surface area (Å²) in [6, 6.07) is 17.1. The summed E-state index contributed by atoms with van der Waals surface area (Å²) in [7, 11) is 0. The maximum atomic E-state index is 13.8. The van der Waals surface area contributed by atoms with E-state index < -0.39 is 0 Å². The van der Waals surface area contributed by atoms with Gasteiger partial charge < -0.3 is 5.11 Å². The minimum absolute atomic E-state index is 0.00348. The molecule has 4 aromatic rings. The van der Waals surface area contributed by atoms with Crippen molar-refractivity contribution in [3.8, 4) is 16.9 Å². The van der Waals surface area contributed by atoms with Crippen molar-refractivity contribution in [3.63, 3.8) is 0 Å². The summed E-state index contributed by atoms with van der Waals surface area (Å²) in [4.78, 5) is 25.7. The number of ketones is 2. The van der Waals surface area contributed by atoms with E-state index in [-0.39, 0.29) is 17.3 Å². The highest BCUT2D eigenvalue weighted by molar-refractivity contribution is 7.21. The lowest BCUT2D eigenvalue weighted by Crippen LogP contribution is -2.06. The minimum Gasteiger partial charge on any atom is -0.508 e. The van der Waals surface area contributed by atoms with Crippen LogP contribution >= 0.6 is 11.3 Å². The average molecular weight is 441 g/mol. The quantitative estimate of drug-likeness (QED) is 0.268. The lowest BCUT2D eigenvalue weighted by atomic mass is 9.92. The molecule has 0 saturated heterocycles. The summed E-state index contributed by atoms with van der Waals surface area (Å²) in [6.45, 7) is 7.50. The van der Waals surface area contributed by atoms with Crippen molar-refractivity contribution in [2.75, 3.05) is 0 Å². The molecule has 32 heavy (non-hydrogen) atoms. The number of thiophene rings is 1. The number of phenols is 1.